The van der Waals surface area contributed by atoms with E-state index >= 15 is 0 Å². The predicted molar refractivity (Wildman–Crippen MR) is 81.7 cm³/mol. The van der Waals surface area contributed by atoms with Crippen LogP contribution in [0.5, 0.6) is 5.75 Å². The number of aromatic hydroxyl groups is 1. The van der Waals surface area contributed by atoms with E-state index in [4.69, 9.17) is 0 Å². The highest BCUT2D eigenvalue weighted by Gasteiger charge is 2.03. The van der Waals surface area contributed by atoms with Gasteiger partial charge in [0.1, 0.15) is 5.75 Å². The van der Waals surface area contributed by atoms with Crippen molar-refractivity contribution in [1.29, 1.82) is 0 Å². The van der Waals surface area contributed by atoms with Gasteiger partial charge < -0.3 is 22.1 Å². The van der Waals surface area contributed by atoms with Crippen LogP contribution in [-0.2, 0) is 13.0 Å². The molecule has 0 spiro atoms. The smallest absolute Gasteiger partial charge is 0.169 e. The van der Waals surface area contributed by atoms with Crippen molar-refractivity contribution < 1.29 is 26.7 Å². The Balaban J connectivity index is 0.00000176. The maximum atomic E-state index is 9.27. The van der Waals surface area contributed by atoms with Crippen molar-refractivity contribution in [2.45, 2.75) is 13.0 Å². The molecule has 4 heteroatoms. The van der Waals surface area contributed by atoms with Gasteiger partial charge >= 0.3 is 0 Å². The lowest BCUT2D eigenvalue weighted by molar-refractivity contribution is -0.696. The summed E-state index contributed by atoms with van der Waals surface area (Å²) in [5.41, 5.74) is 3.59. The topological polar surface area (TPSA) is 37.0 Å². The lowest BCUT2D eigenvalue weighted by atomic mass is 10.1. The van der Waals surface area contributed by atoms with Gasteiger partial charge in [-0.1, -0.05) is 12.1 Å². The number of pyridine rings is 2. The van der Waals surface area contributed by atoms with Crippen molar-refractivity contribution in [3.8, 4) is 16.9 Å². The van der Waals surface area contributed by atoms with E-state index in [1.54, 1.807) is 24.5 Å². The van der Waals surface area contributed by atoms with Crippen molar-refractivity contribution in [1.82, 2.24) is 4.98 Å². The van der Waals surface area contributed by atoms with Crippen LogP contribution in [0.4, 0.5) is 0 Å². The van der Waals surface area contributed by atoms with Gasteiger partial charge in [-0.2, -0.15) is 0 Å². The van der Waals surface area contributed by atoms with E-state index in [1.807, 2.05) is 24.3 Å². The van der Waals surface area contributed by atoms with Crippen LogP contribution in [0.2, 0.25) is 0 Å². The third-order valence-corrected chi connectivity index (χ3v) is 3.50. The van der Waals surface area contributed by atoms with Crippen LogP contribution >= 0.6 is 0 Å². The van der Waals surface area contributed by atoms with Crippen molar-refractivity contribution in [2.75, 3.05) is 0 Å². The third kappa shape index (κ3) is 4.15. The fourth-order valence-corrected chi connectivity index (χ4v) is 2.26. The molecular formula is C18H17BrN2O. The summed E-state index contributed by atoms with van der Waals surface area (Å²) in [6.07, 6.45) is 8.74. The monoisotopic (exact) mass is 356 g/mol. The summed E-state index contributed by atoms with van der Waals surface area (Å²) >= 11 is 0. The fraction of sp³-hybridized carbons (Fsp3) is 0.111. The van der Waals surface area contributed by atoms with E-state index in [1.165, 1.54) is 16.7 Å². The lowest BCUT2D eigenvalue weighted by Gasteiger charge is -2.02. The number of nitrogens with zero attached hydrogens (tertiary/aromatic N) is 2. The number of rotatable bonds is 4. The number of phenols is 1. The minimum Gasteiger partial charge on any atom is -1.00 e. The maximum Gasteiger partial charge on any atom is 0.169 e. The second-order valence-corrected chi connectivity index (χ2v) is 4.98. The summed E-state index contributed by atoms with van der Waals surface area (Å²) in [6.45, 7) is 0.918. The van der Waals surface area contributed by atoms with Gasteiger partial charge in [0.25, 0.3) is 0 Å². The first-order valence-electron chi connectivity index (χ1n) is 6.99. The zero-order valence-electron chi connectivity index (χ0n) is 12.1. The van der Waals surface area contributed by atoms with Crippen molar-refractivity contribution in [3.05, 3.63) is 78.9 Å². The number of benzene rings is 1. The maximum absolute atomic E-state index is 9.27. The normalized spacial score (nSPS) is 10.0. The van der Waals surface area contributed by atoms with Gasteiger partial charge in [0, 0.05) is 30.9 Å². The molecule has 0 aliphatic carbocycles. The number of aromatic nitrogens is 2. The number of halogens is 1. The molecule has 0 unspecified atom stereocenters. The van der Waals surface area contributed by atoms with Gasteiger partial charge in [-0.15, -0.1) is 0 Å². The minimum absolute atomic E-state index is 0. The molecule has 0 atom stereocenters. The lowest BCUT2D eigenvalue weighted by Crippen LogP contribution is -3.00. The molecule has 1 aromatic carbocycles. The van der Waals surface area contributed by atoms with Gasteiger partial charge in [0.2, 0.25) is 0 Å². The molecule has 3 aromatic rings. The third-order valence-electron chi connectivity index (χ3n) is 3.50. The first kappa shape index (κ1) is 16.2. The summed E-state index contributed by atoms with van der Waals surface area (Å²) in [5.74, 6) is 0.313. The van der Waals surface area contributed by atoms with E-state index < -0.39 is 0 Å². The highest BCUT2D eigenvalue weighted by molar-refractivity contribution is 5.61. The zero-order chi connectivity index (χ0) is 14.5. The molecule has 0 fully saturated rings. The molecule has 3 rings (SSSR count). The van der Waals surface area contributed by atoms with Crippen LogP contribution in [0.25, 0.3) is 11.1 Å². The van der Waals surface area contributed by atoms with E-state index in [0.717, 1.165) is 13.0 Å². The molecule has 0 amide bonds. The largest absolute Gasteiger partial charge is 1.00 e. The molecule has 0 radical (unpaired) electrons. The number of aryl methyl sites for hydroxylation is 2. The molecule has 0 aliphatic heterocycles. The Hall–Kier alpha value is -2.20. The van der Waals surface area contributed by atoms with Gasteiger partial charge in [-0.05, 0) is 41.0 Å². The van der Waals surface area contributed by atoms with Crippen LogP contribution in [0, 0.1) is 0 Å². The summed E-state index contributed by atoms with van der Waals surface area (Å²) in [4.78, 5) is 4.03. The van der Waals surface area contributed by atoms with Gasteiger partial charge in [-0.25, -0.2) is 4.57 Å². The summed E-state index contributed by atoms with van der Waals surface area (Å²) in [5, 5.41) is 9.27. The van der Waals surface area contributed by atoms with Crippen molar-refractivity contribution >= 4 is 0 Å². The Bertz CT molecular complexity index is 697. The van der Waals surface area contributed by atoms with Crippen LogP contribution < -0.4 is 21.5 Å². The van der Waals surface area contributed by atoms with Crippen molar-refractivity contribution in [2.24, 2.45) is 0 Å². The molecule has 3 nitrogen and oxygen atoms in total. The minimum atomic E-state index is 0. The number of hydrogen-bond donors (Lipinski definition) is 1. The Morgan fingerprint density at radius 3 is 2.05 bits per heavy atom. The Kier molecular flexibility index (Phi) is 5.67. The van der Waals surface area contributed by atoms with Crippen molar-refractivity contribution in [3.63, 3.8) is 0 Å². The Morgan fingerprint density at radius 1 is 0.818 bits per heavy atom. The second kappa shape index (κ2) is 7.71. The standard InChI is InChI=1S/C18H16N2O.BrH/c21-18-3-1-15(2-4-18)7-12-20-13-8-17(9-14-20)16-5-10-19-11-6-16;/h1-6,8-11,13-14H,7,12H2;1H. The SMILES string of the molecule is Oc1ccc(CC[n+]2ccc(-c3ccncc3)cc2)cc1.[Br-]. The molecule has 2 aromatic heterocycles. The summed E-state index contributed by atoms with van der Waals surface area (Å²) in [7, 11) is 0. The fourth-order valence-electron chi connectivity index (χ4n) is 2.26. The van der Waals surface area contributed by atoms with E-state index in [-0.39, 0.29) is 17.0 Å². The number of phenolic OH excluding ortho intramolecular Hbond substituents is 1. The summed E-state index contributed by atoms with van der Waals surface area (Å²) < 4.78 is 2.16. The molecule has 22 heavy (non-hydrogen) atoms. The van der Waals surface area contributed by atoms with E-state index in [9.17, 15) is 5.11 Å². The Morgan fingerprint density at radius 2 is 1.41 bits per heavy atom. The van der Waals surface area contributed by atoms with Crippen LogP contribution in [0.1, 0.15) is 5.56 Å². The highest BCUT2D eigenvalue weighted by atomic mass is 79.9. The second-order valence-electron chi connectivity index (χ2n) is 4.98. The quantitative estimate of drug-likeness (QED) is 0.667. The molecule has 0 saturated carbocycles. The molecular weight excluding hydrogens is 340 g/mol. The van der Waals surface area contributed by atoms with Crippen LogP contribution in [-0.4, -0.2) is 10.1 Å². The molecule has 112 valence electrons. The first-order valence-corrected chi connectivity index (χ1v) is 6.99. The average molecular weight is 357 g/mol. The van der Waals surface area contributed by atoms with Gasteiger partial charge in [0.15, 0.2) is 18.9 Å². The average Bonchev–Trinajstić information content (AvgIpc) is 2.56. The van der Waals surface area contributed by atoms with E-state index in [2.05, 4.69) is 34.1 Å². The molecule has 0 aliphatic rings. The summed E-state index contributed by atoms with van der Waals surface area (Å²) in [6, 6.07) is 15.6. The van der Waals surface area contributed by atoms with Crippen LogP contribution in [0.15, 0.2) is 73.3 Å². The highest BCUT2D eigenvalue weighted by Crippen LogP contribution is 2.15. The van der Waals surface area contributed by atoms with E-state index in [0.29, 0.717) is 5.75 Å². The van der Waals surface area contributed by atoms with Gasteiger partial charge in [-0.3, -0.25) is 4.98 Å². The zero-order valence-corrected chi connectivity index (χ0v) is 13.6. The van der Waals surface area contributed by atoms with Gasteiger partial charge in [0.05, 0.1) is 0 Å². The predicted octanol–water partition coefficient (Wildman–Crippen LogP) is -0.0116. The van der Waals surface area contributed by atoms with Crippen LogP contribution in [0.3, 0.4) is 0 Å². The molecule has 1 N–H and O–H groups in total. The molecule has 2 heterocycles. The Labute approximate surface area is 140 Å². The molecule has 0 saturated heterocycles. The number of hydrogen-bond acceptors (Lipinski definition) is 2. The first-order chi connectivity index (χ1) is 10.3. The molecule has 0 bridgehead atoms.